The van der Waals surface area contributed by atoms with E-state index in [9.17, 15) is 9.59 Å². The lowest BCUT2D eigenvalue weighted by Crippen LogP contribution is -2.32. The molecule has 116 valence electrons. The van der Waals surface area contributed by atoms with Crippen LogP contribution >= 0.6 is 0 Å². The fraction of sp³-hybridized carbons (Fsp3) is 0.500. The first kappa shape index (κ1) is 17.2. The van der Waals surface area contributed by atoms with Gasteiger partial charge in [0.2, 0.25) is 0 Å². The molecule has 0 amide bonds. The molecule has 0 aliphatic carbocycles. The van der Waals surface area contributed by atoms with Gasteiger partial charge in [-0.25, -0.2) is 0 Å². The first-order valence-corrected chi connectivity index (χ1v) is 6.97. The highest BCUT2D eigenvalue weighted by Gasteiger charge is 2.27. The lowest BCUT2D eigenvalue weighted by Gasteiger charge is -2.24. The van der Waals surface area contributed by atoms with Crippen molar-refractivity contribution in [3.63, 3.8) is 0 Å². The van der Waals surface area contributed by atoms with E-state index >= 15 is 0 Å². The van der Waals surface area contributed by atoms with Crippen molar-refractivity contribution >= 4 is 11.9 Å². The van der Waals surface area contributed by atoms with Crippen molar-refractivity contribution in [3.05, 3.63) is 35.9 Å². The van der Waals surface area contributed by atoms with E-state index in [-0.39, 0.29) is 12.4 Å². The highest BCUT2D eigenvalue weighted by atomic mass is 16.6. The Labute approximate surface area is 125 Å². The molecule has 5 heteroatoms. The van der Waals surface area contributed by atoms with Crippen LogP contribution in [0.4, 0.5) is 0 Å². The molecule has 0 bridgehead atoms. The fourth-order valence-electron chi connectivity index (χ4n) is 1.95. The van der Waals surface area contributed by atoms with Crippen LogP contribution in [-0.2, 0) is 14.3 Å². The second kappa shape index (κ2) is 7.22. The highest BCUT2D eigenvalue weighted by molar-refractivity contribution is 5.79. The monoisotopic (exact) mass is 293 g/mol. The molecule has 21 heavy (non-hydrogen) atoms. The molecule has 0 aliphatic heterocycles. The molecule has 0 unspecified atom stereocenters. The van der Waals surface area contributed by atoms with E-state index in [1.165, 1.54) is 0 Å². The van der Waals surface area contributed by atoms with Gasteiger partial charge < -0.3 is 15.6 Å². The molecular weight excluding hydrogens is 270 g/mol. The van der Waals surface area contributed by atoms with Crippen molar-refractivity contribution in [1.82, 2.24) is 0 Å². The van der Waals surface area contributed by atoms with Gasteiger partial charge in [0.25, 0.3) is 0 Å². The smallest absolute Gasteiger partial charge is 0.320 e. The molecule has 0 aliphatic rings. The number of esters is 1. The average molecular weight is 293 g/mol. The number of carboxylic acid groups (broad SMARTS) is 1. The Morgan fingerprint density at radius 3 is 2.24 bits per heavy atom. The van der Waals surface area contributed by atoms with Gasteiger partial charge in [0, 0.05) is 0 Å². The second-order valence-corrected chi connectivity index (χ2v) is 6.02. The molecule has 0 spiro atoms. The van der Waals surface area contributed by atoms with Crippen LogP contribution in [0, 0.1) is 0 Å². The van der Waals surface area contributed by atoms with Crippen LogP contribution in [0.25, 0.3) is 0 Å². The van der Waals surface area contributed by atoms with E-state index in [4.69, 9.17) is 15.6 Å². The Morgan fingerprint density at radius 1 is 1.19 bits per heavy atom. The zero-order valence-corrected chi connectivity index (χ0v) is 12.7. The average Bonchev–Trinajstić information content (AvgIpc) is 2.37. The van der Waals surface area contributed by atoms with E-state index in [1.54, 1.807) is 20.8 Å². The molecule has 0 aromatic heterocycles. The molecule has 1 aromatic carbocycles. The zero-order valence-electron chi connectivity index (χ0n) is 12.7. The van der Waals surface area contributed by atoms with Crippen LogP contribution in [-0.4, -0.2) is 28.7 Å². The largest absolute Gasteiger partial charge is 0.480 e. The number of hydrogen-bond acceptors (Lipinski definition) is 4. The first-order chi connectivity index (χ1) is 9.70. The fourth-order valence-corrected chi connectivity index (χ4v) is 1.95. The number of nitrogens with two attached hydrogens (primary N) is 1. The lowest BCUT2D eigenvalue weighted by molar-refractivity contribution is -0.157. The van der Waals surface area contributed by atoms with Crippen molar-refractivity contribution in [2.24, 2.45) is 5.73 Å². The maximum Gasteiger partial charge on any atom is 0.320 e. The summed E-state index contributed by atoms with van der Waals surface area (Å²) in [6.07, 6.45) is 0.556. The third kappa shape index (κ3) is 5.95. The Hall–Kier alpha value is -1.88. The minimum atomic E-state index is -1.06. The summed E-state index contributed by atoms with van der Waals surface area (Å²) < 4.78 is 5.42. The van der Waals surface area contributed by atoms with Gasteiger partial charge in [-0.15, -0.1) is 0 Å². The molecule has 1 aromatic rings. The quantitative estimate of drug-likeness (QED) is 0.785. The van der Waals surface area contributed by atoms with E-state index in [0.717, 1.165) is 5.56 Å². The standard InChI is InChI=1S/C16H23NO4/c1-16(2,3)21-15(20)12(9-10-13(17)14(18)19)11-7-5-4-6-8-11/h4-8,12-13H,9-10,17H2,1-3H3,(H,18,19)/t12-,13+/m1/s1. The van der Waals surface area contributed by atoms with Gasteiger partial charge in [0.05, 0.1) is 5.92 Å². The van der Waals surface area contributed by atoms with Gasteiger partial charge in [-0.1, -0.05) is 30.3 Å². The number of ether oxygens (including phenoxy) is 1. The third-order valence-electron chi connectivity index (χ3n) is 2.98. The number of carbonyl (C=O) groups is 2. The minimum absolute atomic E-state index is 0.216. The van der Waals surface area contributed by atoms with Crippen LogP contribution < -0.4 is 5.73 Å². The van der Waals surface area contributed by atoms with Gasteiger partial charge in [0.1, 0.15) is 11.6 Å². The summed E-state index contributed by atoms with van der Waals surface area (Å²) in [6.45, 7) is 5.40. The Kier molecular flexibility index (Phi) is 5.90. The molecular formula is C16H23NO4. The van der Waals surface area contributed by atoms with Gasteiger partial charge in [-0.05, 0) is 39.2 Å². The van der Waals surface area contributed by atoms with Crippen molar-refractivity contribution in [3.8, 4) is 0 Å². The molecule has 0 saturated carbocycles. The number of carboxylic acids is 1. The maximum atomic E-state index is 12.3. The molecule has 5 nitrogen and oxygen atoms in total. The molecule has 0 fully saturated rings. The lowest BCUT2D eigenvalue weighted by atomic mass is 9.92. The van der Waals surface area contributed by atoms with Gasteiger partial charge in [-0.3, -0.25) is 9.59 Å². The Morgan fingerprint density at radius 2 is 1.76 bits per heavy atom. The van der Waals surface area contributed by atoms with Crippen LogP contribution in [0.3, 0.4) is 0 Å². The molecule has 2 atom stereocenters. The van der Waals surface area contributed by atoms with Gasteiger partial charge in [-0.2, -0.15) is 0 Å². The van der Waals surface area contributed by atoms with Crippen molar-refractivity contribution in [1.29, 1.82) is 0 Å². The number of carbonyl (C=O) groups excluding carboxylic acids is 1. The van der Waals surface area contributed by atoms with E-state index in [2.05, 4.69) is 0 Å². The summed E-state index contributed by atoms with van der Waals surface area (Å²) in [5.74, 6) is -1.92. The van der Waals surface area contributed by atoms with Crippen molar-refractivity contribution in [2.45, 2.75) is 51.2 Å². The SMILES string of the molecule is CC(C)(C)OC(=O)[C@H](CC[C@H](N)C(=O)O)c1ccccc1. The molecule has 0 radical (unpaired) electrons. The van der Waals surface area contributed by atoms with Gasteiger partial charge in [0.15, 0.2) is 0 Å². The zero-order chi connectivity index (χ0) is 16.0. The summed E-state index contributed by atoms with van der Waals surface area (Å²) in [5.41, 5.74) is 5.74. The van der Waals surface area contributed by atoms with Crippen LogP contribution in [0.15, 0.2) is 30.3 Å². The van der Waals surface area contributed by atoms with E-state index in [0.29, 0.717) is 6.42 Å². The van der Waals surface area contributed by atoms with Crippen molar-refractivity contribution in [2.75, 3.05) is 0 Å². The van der Waals surface area contributed by atoms with Crippen LogP contribution in [0.1, 0.15) is 45.1 Å². The summed E-state index contributed by atoms with van der Waals surface area (Å²) in [5, 5.41) is 8.85. The highest BCUT2D eigenvalue weighted by Crippen LogP contribution is 2.25. The first-order valence-electron chi connectivity index (χ1n) is 6.97. The van der Waals surface area contributed by atoms with E-state index < -0.39 is 23.5 Å². The summed E-state index contributed by atoms with van der Waals surface area (Å²) in [4.78, 5) is 23.1. The third-order valence-corrected chi connectivity index (χ3v) is 2.98. The number of rotatable bonds is 6. The summed E-state index contributed by atoms with van der Waals surface area (Å²) in [6, 6.07) is 8.23. The molecule has 0 saturated heterocycles. The predicted octanol–water partition coefficient (Wildman–Crippen LogP) is 2.30. The normalized spacial score (nSPS) is 14.3. The van der Waals surface area contributed by atoms with Gasteiger partial charge >= 0.3 is 11.9 Å². The minimum Gasteiger partial charge on any atom is -0.480 e. The Balaban J connectivity index is 2.85. The predicted molar refractivity (Wildman–Crippen MR) is 79.9 cm³/mol. The second-order valence-electron chi connectivity index (χ2n) is 6.02. The number of aliphatic carboxylic acids is 1. The summed E-state index contributed by atoms with van der Waals surface area (Å²) in [7, 11) is 0. The number of benzene rings is 1. The number of hydrogen-bond donors (Lipinski definition) is 2. The van der Waals surface area contributed by atoms with Crippen LogP contribution in [0.5, 0.6) is 0 Å². The molecule has 1 rings (SSSR count). The Bertz CT molecular complexity index is 479. The maximum absolute atomic E-state index is 12.3. The van der Waals surface area contributed by atoms with Crippen LogP contribution in [0.2, 0.25) is 0 Å². The van der Waals surface area contributed by atoms with Crippen molar-refractivity contribution < 1.29 is 19.4 Å². The van der Waals surface area contributed by atoms with E-state index in [1.807, 2.05) is 30.3 Å². The topological polar surface area (TPSA) is 89.6 Å². The molecule has 0 heterocycles. The molecule has 3 N–H and O–H groups in total. The summed E-state index contributed by atoms with van der Waals surface area (Å²) >= 11 is 0.